The Morgan fingerprint density at radius 2 is 1.81 bits per heavy atom. The first-order valence-corrected chi connectivity index (χ1v) is 9.46. The van der Waals surface area contributed by atoms with Crippen LogP contribution in [0.15, 0.2) is 48.5 Å². The molecule has 1 aromatic heterocycles. The highest BCUT2D eigenvalue weighted by molar-refractivity contribution is 7.16. The summed E-state index contributed by atoms with van der Waals surface area (Å²) < 4.78 is 10.6. The molecule has 1 N–H and O–H groups in total. The third-order valence-electron chi connectivity index (χ3n) is 4.02. The Labute approximate surface area is 163 Å². The zero-order chi connectivity index (χ0) is 19.2. The fourth-order valence-electron chi connectivity index (χ4n) is 2.61. The van der Waals surface area contributed by atoms with Gasteiger partial charge in [-0.3, -0.25) is 10.1 Å². The number of nitrogens with zero attached hydrogens (tertiary/aromatic N) is 1. The molecule has 1 heterocycles. The van der Waals surface area contributed by atoms with Crippen molar-refractivity contribution in [3.63, 3.8) is 0 Å². The van der Waals surface area contributed by atoms with Crippen LogP contribution in [0.1, 0.15) is 20.8 Å². The minimum Gasteiger partial charge on any atom is -0.490 e. The van der Waals surface area contributed by atoms with E-state index in [2.05, 4.69) is 29.4 Å². The first-order chi connectivity index (χ1) is 13.1. The summed E-state index contributed by atoms with van der Waals surface area (Å²) in [6.45, 7) is 4.90. The molecule has 3 rings (SSSR count). The number of nitrogens with one attached hydrogen (secondary N) is 1. The van der Waals surface area contributed by atoms with Crippen LogP contribution in [0.4, 0.5) is 5.13 Å². The van der Waals surface area contributed by atoms with Crippen molar-refractivity contribution >= 4 is 22.4 Å². The van der Waals surface area contributed by atoms with Crippen LogP contribution < -0.4 is 10.1 Å². The number of carbonyl (C=O) groups excluding carboxylic acids is 1. The normalized spacial score (nSPS) is 10.6. The molecule has 5 nitrogen and oxygen atoms in total. The molecule has 0 spiro atoms. The summed E-state index contributed by atoms with van der Waals surface area (Å²) in [5.74, 6) is 0.284. The fourth-order valence-corrected chi connectivity index (χ4v) is 3.44. The van der Waals surface area contributed by atoms with Gasteiger partial charge in [-0.25, -0.2) is 4.98 Å². The van der Waals surface area contributed by atoms with Crippen LogP contribution in [0.2, 0.25) is 0 Å². The number of para-hydroxylation sites is 1. The number of hydrogen-bond acceptors (Lipinski definition) is 5. The lowest BCUT2D eigenvalue weighted by molar-refractivity contribution is 0.101. The smallest absolute Gasteiger partial charge is 0.261 e. The third-order valence-corrected chi connectivity index (χ3v) is 4.91. The molecule has 0 saturated heterocycles. The Morgan fingerprint density at radius 3 is 2.56 bits per heavy atom. The van der Waals surface area contributed by atoms with Crippen molar-refractivity contribution in [2.75, 3.05) is 25.6 Å². The van der Waals surface area contributed by atoms with Gasteiger partial charge in [-0.2, -0.15) is 0 Å². The van der Waals surface area contributed by atoms with Crippen molar-refractivity contribution in [2.45, 2.75) is 13.8 Å². The molecule has 2 aromatic carbocycles. The molecular weight excluding hydrogens is 360 g/mol. The number of carbonyl (C=O) groups is 1. The number of hydrogen-bond donors (Lipinski definition) is 1. The molecule has 0 unspecified atom stereocenters. The van der Waals surface area contributed by atoms with Crippen molar-refractivity contribution in [1.82, 2.24) is 4.98 Å². The number of benzene rings is 2. The van der Waals surface area contributed by atoms with Gasteiger partial charge in [0.15, 0.2) is 5.13 Å². The van der Waals surface area contributed by atoms with Crippen LogP contribution in [0.5, 0.6) is 5.75 Å². The standard InChI is InChI=1S/C21H22N2O3S/c1-14-8-10-16(11-9-14)19-15(2)27-21(22-19)23-20(24)17-6-4-5-7-18(17)26-13-12-25-3/h4-11H,12-13H2,1-3H3,(H,22,23,24). The summed E-state index contributed by atoms with van der Waals surface area (Å²) in [7, 11) is 1.61. The summed E-state index contributed by atoms with van der Waals surface area (Å²) in [6.07, 6.45) is 0. The maximum Gasteiger partial charge on any atom is 0.261 e. The quantitative estimate of drug-likeness (QED) is 0.602. The minimum absolute atomic E-state index is 0.243. The van der Waals surface area contributed by atoms with E-state index in [1.54, 1.807) is 19.2 Å². The maximum absolute atomic E-state index is 12.7. The summed E-state index contributed by atoms with van der Waals surface area (Å²) in [5.41, 5.74) is 3.60. The van der Waals surface area contributed by atoms with Crippen LogP contribution >= 0.6 is 11.3 Å². The molecule has 3 aromatic rings. The molecule has 1 amide bonds. The number of ether oxygens (including phenoxy) is 2. The Hall–Kier alpha value is -2.70. The lowest BCUT2D eigenvalue weighted by atomic mass is 10.1. The molecule has 0 saturated carbocycles. The van der Waals surface area contributed by atoms with Gasteiger partial charge < -0.3 is 9.47 Å². The van der Waals surface area contributed by atoms with Gasteiger partial charge in [0, 0.05) is 17.6 Å². The van der Waals surface area contributed by atoms with E-state index in [9.17, 15) is 4.79 Å². The largest absolute Gasteiger partial charge is 0.490 e. The number of aryl methyl sites for hydroxylation is 2. The Morgan fingerprint density at radius 1 is 1.07 bits per heavy atom. The van der Waals surface area contributed by atoms with Crippen LogP contribution in [0, 0.1) is 13.8 Å². The van der Waals surface area contributed by atoms with E-state index in [0.29, 0.717) is 29.7 Å². The molecule has 0 atom stereocenters. The molecule has 0 aliphatic carbocycles. The van der Waals surface area contributed by atoms with Gasteiger partial charge in [-0.1, -0.05) is 42.0 Å². The highest BCUT2D eigenvalue weighted by atomic mass is 32.1. The molecular formula is C21H22N2O3S. The van der Waals surface area contributed by atoms with Gasteiger partial charge >= 0.3 is 0 Å². The van der Waals surface area contributed by atoms with E-state index >= 15 is 0 Å². The van der Waals surface area contributed by atoms with Crippen molar-refractivity contribution in [1.29, 1.82) is 0 Å². The summed E-state index contributed by atoms with van der Waals surface area (Å²) in [5, 5.41) is 3.46. The highest BCUT2D eigenvalue weighted by Gasteiger charge is 2.16. The Balaban J connectivity index is 1.77. The van der Waals surface area contributed by atoms with Crippen LogP contribution in [-0.2, 0) is 4.74 Å². The second-order valence-electron chi connectivity index (χ2n) is 6.08. The fraction of sp³-hybridized carbons (Fsp3) is 0.238. The second-order valence-corrected chi connectivity index (χ2v) is 7.28. The van der Waals surface area contributed by atoms with Gasteiger partial charge in [-0.05, 0) is 26.0 Å². The van der Waals surface area contributed by atoms with Gasteiger partial charge in [0.2, 0.25) is 0 Å². The van der Waals surface area contributed by atoms with Gasteiger partial charge in [0.05, 0.1) is 17.9 Å². The van der Waals surface area contributed by atoms with E-state index in [4.69, 9.17) is 9.47 Å². The molecule has 140 valence electrons. The van der Waals surface area contributed by atoms with Crippen molar-refractivity contribution < 1.29 is 14.3 Å². The Bertz CT molecular complexity index is 919. The molecule has 6 heteroatoms. The molecule has 0 aliphatic heterocycles. The van der Waals surface area contributed by atoms with Crippen LogP contribution in [0.3, 0.4) is 0 Å². The van der Waals surface area contributed by atoms with E-state index in [1.165, 1.54) is 16.9 Å². The van der Waals surface area contributed by atoms with Gasteiger partial charge in [0.1, 0.15) is 12.4 Å². The van der Waals surface area contributed by atoms with Crippen LogP contribution in [-0.4, -0.2) is 31.2 Å². The zero-order valence-corrected chi connectivity index (χ0v) is 16.4. The number of aromatic nitrogens is 1. The molecule has 0 bridgehead atoms. The van der Waals surface area contributed by atoms with Gasteiger partial charge in [-0.15, -0.1) is 11.3 Å². The molecule has 0 radical (unpaired) electrons. The highest BCUT2D eigenvalue weighted by Crippen LogP contribution is 2.31. The summed E-state index contributed by atoms with van der Waals surface area (Å²) in [6, 6.07) is 15.4. The number of anilines is 1. The number of thiazole rings is 1. The lowest BCUT2D eigenvalue weighted by Crippen LogP contribution is -2.14. The third kappa shape index (κ3) is 4.72. The Kier molecular flexibility index (Phi) is 6.21. The SMILES string of the molecule is COCCOc1ccccc1C(=O)Nc1nc(-c2ccc(C)cc2)c(C)s1. The zero-order valence-electron chi connectivity index (χ0n) is 15.6. The second kappa shape index (κ2) is 8.79. The average molecular weight is 382 g/mol. The number of methoxy groups -OCH3 is 1. The monoisotopic (exact) mass is 382 g/mol. The topological polar surface area (TPSA) is 60.5 Å². The first-order valence-electron chi connectivity index (χ1n) is 8.65. The molecule has 27 heavy (non-hydrogen) atoms. The van der Waals surface area contributed by atoms with E-state index < -0.39 is 0 Å². The maximum atomic E-state index is 12.7. The minimum atomic E-state index is -0.243. The molecule has 0 aliphatic rings. The van der Waals surface area contributed by atoms with E-state index in [1.807, 2.05) is 31.2 Å². The first kappa shape index (κ1) is 19.1. The van der Waals surface area contributed by atoms with E-state index in [0.717, 1.165) is 16.1 Å². The van der Waals surface area contributed by atoms with E-state index in [-0.39, 0.29) is 5.91 Å². The van der Waals surface area contributed by atoms with Crippen LogP contribution in [0.25, 0.3) is 11.3 Å². The predicted octanol–water partition coefficient (Wildman–Crippen LogP) is 4.70. The molecule has 0 fully saturated rings. The predicted molar refractivity (Wildman–Crippen MR) is 109 cm³/mol. The average Bonchev–Trinajstić information content (AvgIpc) is 3.03. The lowest BCUT2D eigenvalue weighted by Gasteiger charge is -2.10. The summed E-state index contributed by atoms with van der Waals surface area (Å²) in [4.78, 5) is 18.4. The van der Waals surface area contributed by atoms with Crippen molar-refractivity contribution in [2.24, 2.45) is 0 Å². The van der Waals surface area contributed by atoms with Crippen molar-refractivity contribution in [3.8, 4) is 17.0 Å². The van der Waals surface area contributed by atoms with Gasteiger partial charge in [0.25, 0.3) is 5.91 Å². The number of rotatable bonds is 7. The van der Waals surface area contributed by atoms with Crippen molar-refractivity contribution in [3.05, 3.63) is 64.5 Å². The summed E-state index contributed by atoms with van der Waals surface area (Å²) >= 11 is 1.46. The number of amides is 1.